The molecule has 0 aliphatic rings. The Morgan fingerprint density at radius 1 is 1.33 bits per heavy atom. The van der Waals surface area contributed by atoms with Crippen LogP contribution in [-0.4, -0.2) is 31.1 Å². The van der Waals surface area contributed by atoms with E-state index in [1.54, 1.807) is 0 Å². The molecule has 0 radical (unpaired) electrons. The number of Topliss-reactive ketones (excluding diaryl/α,β-unsaturated/α-hetero) is 1. The van der Waals surface area contributed by atoms with E-state index >= 15 is 0 Å². The second kappa shape index (κ2) is 7.10. The van der Waals surface area contributed by atoms with Gasteiger partial charge in [0.15, 0.2) is 22.5 Å². The molecule has 0 aliphatic carbocycles. The first-order valence-corrected chi connectivity index (χ1v) is 10.2. The number of aromatic nitrogens is 4. The molecular weight excluding hydrogens is 378 g/mol. The standard InChI is InChI=1S/C19H15N5OS2/c1-11-7-17-22-23-19(24(17)15-6-4-3-5-13(11)15)27-10-16(25)14(8-20)18-21-12(2)9-26-18/h3-7,9,14H,10H2,1-2H3/t14-/m0/s1. The Morgan fingerprint density at radius 2 is 2.15 bits per heavy atom. The number of rotatable bonds is 5. The number of benzene rings is 1. The van der Waals surface area contributed by atoms with E-state index in [1.165, 1.54) is 23.1 Å². The molecule has 27 heavy (non-hydrogen) atoms. The minimum atomic E-state index is -0.839. The number of ketones is 1. The lowest BCUT2D eigenvalue weighted by molar-refractivity contribution is -0.116. The van der Waals surface area contributed by atoms with E-state index < -0.39 is 5.92 Å². The lowest BCUT2D eigenvalue weighted by Gasteiger charge is -2.08. The Kier molecular flexibility index (Phi) is 4.64. The van der Waals surface area contributed by atoms with Crippen molar-refractivity contribution < 1.29 is 4.79 Å². The average molecular weight is 393 g/mol. The zero-order chi connectivity index (χ0) is 19.0. The van der Waals surface area contributed by atoms with E-state index in [0.717, 1.165) is 27.8 Å². The number of nitrogens with zero attached hydrogens (tertiary/aromatic N) is 5. The van der Waals surface area contributed by atoms with Gasteiger partial charge in [0.05, 0.1) is 17.3 Å². The molecular formula is C19H15N5OS2. The number of hydrogen-bond acceptors (Lipinski definition) is 7. The van der Waals surface area contributed by atoms with E-state index in [0.29, 0.717) is 10.2 Å². The number of nitriles is 1. The van der Waals surface area contributed by atoms with Crippen molar-refractivity contribution in [3.05, 3.63) is 52.0 Å². The number of aryl methyl sites for hydroxylation is 2. The first-order valence-electron chi connectivity index (χ1n) is 8.29. The van der Waals surface area contributed by atoms with Crippen LogP contribution in [0.4, 0.5) is 0 Å². The number of thioether (sulfide) groups is 1. The minimum absolute atomic E-state index is 0.139. The highest BCUT2D eigenvalue weighted by atomic mass is 32.2. The topological polar surface area (TPSA) is 83.9 Å². The summed E-state index contributed by atoms with van der Waals surface area (Å²) in [5, 5.41) is 22.1. The van der Waals surface area contributed by atoms with Gasteiger partial charge in [0.1, 0.15) is 5.01 Å². The highest BCUT2D eigenvalue weighted by Crippen LogP contribution is 2.27. The number of pyridine rings is 1. The first kappa shape index (κ1) is 17.6. The van der Waals surface area contributed by atoms with Gasteiger partial charge in [-0.2, -0.15) is 5.26 Å². The molecule has 1 atom stereocenters. The summed E-state index contributed by atoms with van der Waals surface area (Å²) in [5.74, 6) is -0.876. The number of para-hydroxylation sites is 1. The molecule has 0 fully saturated rings. The monoisotopic (exact) mass is 393 g/mol. The van der Waals surface area contributed by atoms with E-state index in [9.17, 15) is 10.1 Å². The number of carbonyl (C=O) groups is 1. The lowest BCUT2D eigenvalue weighted by atomic mass is 10.1. The molecule has 0 spiro atoms. The summed E-state index contributed by atoms with van der Waals surface area (Å²) in [7, 11) is 0. The minimum Gasteiger partial charge on any atom is -0.297 e. The second-order valence-electron chi connectivity index (χ2n) is 6.16. The number of fused-ring (bicyclic) bond motifs is 3. The van der Waals surface area contributed by atoms with Gasteiger partial charge in [0, 0.05) is 16.5 Å². The van der Waals surface area contributed by atoms with Gasteiger partial charge < -0.3 is 0 Å². The maximum Gasteiger partial charge on any atom is 0.196 e. The molecule has 0 bridgehead atoms. The summed E-state index contributed by atoms with van der Waals surface area (Å²) >= 11 is 2.64. The van der Waals surface area contributed by atoms with Gasteiger partial charge in [-0.05, 0) is 31.5 Å². The van der Waals surface area contributed by atoms with Gasteiger partial charge in [-0.3, -0.25) is 9.20 Å². The van der Waals surface area contributed by atoms with Gasteiger partial charge in [-0.1, -0.05) is 30.0 Å². The predicted molar refractivity (Wildman–Crippen MR) is 106 cm³/mol. The number of carbonyl (C=O) groups excluding carboxylic acids is 1. The van der Waals surface area contributed by atoms with Crippen molar-refractivity contribution in [2.45, 2.75) is 24.9 Å². The summed E-state index contributed by atoms with van der Waals surface area (Å²) in [6.07, 6.45) is 0. The smallest absolute Gasteiger partial charge is 0.196 e. The van der Waals surface area contributed by atoms with Crippen molar-refractivity contribution in [3.8, 4) is 6.07 Å². The van der Waals surface area contributed by atoms with Crippen molar-refractivity contribution in [1.82, 2.24) is 19.6 Å². The third kappa shape index (κ3) is 3.20. The summed E-state index contributed by atoms with van der Waals surface area (Å²) in [6, 6.07) is 12.1. The van der Waals surface area contributed by atoms with Gasteiger partial charge in [-0.15, -0.1) is 21.5 Å². The highest BCUT2D eigenvalue weighted by molar-refractivity contribution is 7.99. The van der Waals surface area contributed by atoms with Crippen LogP contribution in [0.2, 0.25) is 0 Å². The van der Waals surface area contributed by atoms with Crippen LogP contribution in [0.25, 0.3) is 16.6 Å². The average Bonchev–Trinajstić information content (AvgIpc) is 3.27. The highest BCUT2D eigenvalue weighted by Gasteiger charge is 2.24. The summed E-state index contributed by atoms with van der Waals surface area (Å²) in [6.45, 7) is 3.89. The Balaban J connectivity index is 1.63. The van der Waals surface area contributed by atoms with Crippen LogP contribution in [0.15, 0.2) is 40.9 Å². The largest absolute Gasteiger partial charge is 0.297 e. The zero-order valence-corrected chi connectivity index (χ0v) is 16.3. The van der Waals surface area contributed by atoms with Gasteiger partial charge in [0.2, 0.25) is 0 Å². The third-order valence-corrected chi connectivity index (χ3v) is 6.23. The van der Waals surface area contributed by atoms with E-state index in [-0.39, 0.29) is 11.5 Å². The molecule has 3 heterocycles. The van der Waals surface area contributed by atoms with Crippen LogP contribution < -0.4 is 0 Å². The fraction of sp³-hybridized carbons (Fsp3) is 0.211. The van der Waals surface area contributed by atoms with Crippen LogP contribution in [0.3, 0.4) is 0 Å². The van der Waals surface area contributed by atoms with Crippen molar-refractivity contribution in [1.29, 1.82) is 5.26 Å². The molecule has 4 rings (SSSR count). The van der Waals surface area contributed by atoms with Crippen LogP contribution in [-0.2, 0) is 4.79 Å². The molecule has 0 unspecified atom stereocenters. The van der Waals surface area contributed by atoms with Gasteiger partial charge >= 0.3 is 0 Å². The zero-order valence-electron chi connectivity index (χ0n) is 14.7. The quantitative estimate of drug-likeness (QED) is 0.478. The van der Waals surface area contributed by atoms with Gasteiger partial charge in [-0.25, -0.2) is 4.98 Å². The third-order valence-electron chi connectivity index (χ3n) is 4.25. The number of hydrogen-bond donors (Lipinski definition) is 0. The van der Waals surface area contributed by atoms with Crippen LogP contribution in [0.5, 0.6) is 0 Å². The fourth-order valence-corrected chi connectivity index (χ4v) is 4.68. The van der Waals surface area contributed by atoms with E-state index in [1.807, 2.05) is 47.9 Å². The summed E-state index contributed by atoms with van der Waals surface area (Å²) < 4.78 is 1.95. The predicted octanol–water partition coefficient (Wildman–Crippen LogP) is 3.92. The van der Waals surface area contributed by atoms with Crippen molar-refractivity contribution in [2.24, 2.45) is 0 Å². The Morgan fingerprint density at radius 3 is 2.89 bits per heavy atom. The van der Waals surface area contributed by atoms with Crippen molar-refractivity contribution in [2.75, 3.05) is 5.75 Å². The number of thiazole rings is 1. The second-order valence-corrected chi connectivity index (χ2v) is 8.00. The molecule has 8 heteroatoms. The molecule has 0 N–H and O–H groups in total. The SMILES string of the molecule is Cc1csc([C@@H](C#N)C(=O)CSc2nnc3cc(C)c4ccccc4n23)n1. The Hall–Kier alpha value is -2.76. The van der Waals surface area contributed by atoms with Crippen LogP contribution in [0, 0.1) is 25.2 Å². The van der Waals surface area contributed by atoms with Crippen molar-refractivity contribution in [3.63, 3.8) is 0 Å². The molecule has 4 aromatic rings. The van der Waals surface area contributed by atoms with Gasteiger partial charge in [0.25, 0.3) is 0 Å². The molecule has 6 nitrogen and oxygen atoms in total. The molecule has 1 aromatic carbocycles. The first-order chi connectivity index (χ1) is 13.1. The van der Waals surface area contributed by atoms with E-state index in [2.05, 4.69) is 27.3 Å². The molecule has 3 aromatic heterocycles. The Bertz CT molecular complexity index is 1200. The molecule has 0 amide bonds. The maximum absolute atomic E-state index is 12.6. The molecule has 134 valence electrons. The van der Waals surface area contributed by atoms with Crippen LogP contribution >= 0.6 is 23.1 Å². The summed E-state index contributed by atoms with van der Waals surface area (Å²) in [5.41, 5.74) is 3.69. The normalized spacial score (nSPS) is 12.3. The fourth-order valence-electron chi connectivity index (χ4n) is 2.96. The lowest BCUT2D eigenvalue weighted by Crippen LogP contribution is -2.13. The Labute approximate surface area is 163 Å². The summed E-state index contributed by atoms with van der Waals surface area (Å²) in [4.78, 5) is 16.9. The molecule has 0 saturated carbocycles. The molecule has 0 saturated heterocycles. The van der Waals surface area contributed by atoms with E-state index in [4.69, 9.17) is 0 Å². The maximum atomic E-state index is 12.6. The van der Waals surface area contributed by atoms with Crippen LogP contribution in [0.1, 0.15) is 22.2 Å². The van der Waals surface area contributed by atoms with Crippen molar-refractivity contribution >= 4 is 45.4 Å². The molecule has 0 aliphatic heterocycles.